The monoisotopic (exact) mass is 520 g/mol. The number of hydrogen-bond donors (Lipinski definition) is 2. The molecular formula is C23H25ClN4O6S. The number of carbonyl (C=O) groups excluding carboxylic acids is 1. The number of nitrogens with one attached hydrogen (secondary N) is 1. The minimum atomic E-state index is -1.10. The fourth-order valence-corrected chi connectivity index (χ4v) is 4.84. The van der Waals surface area contributed by atoms with Gasteiger partial charge >= 0.3 is 5.97 Å². The molecule has 4 N–H and O–H groups in total. The van der Waals surface area contributed by atoms with Gasteiger partial charge in [-0.3, -0.25) is 9.69 Å². The molecule has 2 aliphatic rings. The van der Waals surface area contributed by atoms with Gasteiger partial charge in [0.05, 0.1) is 9.72 Å². The van der Waals surface area contributed by atoms with Crippen molar-refractivity contribution in [1.29, 1.82) is 0 Å². The van der Waals surface area contributed by atoms with Crippen molar-refractivity contribution < 1.29 is 29.6 Å². The number of carbonyl (C=O) groups is 2. The Balaban J connectivity index is 0.000000378. The van der Waals surface area contributed by atoms with Crippen molar-refractivity contribution in [3.05, 3.63) is 52.6 Å². The molecule has 0 radical (unpaired) electrons. The molecule has 0 atom stereocenters. The Morgan fingerprint density at radius 1 is 1.23 bits per heavy atom. The molecule has 12 heteroatoms. The number of halogens is 1. The van der Waals surface area contributed by atoms with E-state index >= 15 is 0 Å². The van der Waals surface area contributed by atoms with Crippen molar-refractivity contribution >= 4 is 51.2 Å². The lowest BCUT2D eigenvalue weighted by Gasteiger charge is -2.32. The fraction of sp³-hybridized carbons (Fsp3) is 0.304. The van der Waals surface area contributed by atoms with E-state index in [9.17, 15) is 9.59 Å². The molecule has 35 heavy (non-hydrogen) atoms. The number of aliphatic carboxylic acids is 1. The summed E-state index contributed by atoms with van der Waals surface area (Å²) in [6, 6.07) is 8.56. The Morgan fingerprint density at radius 3 is 2.71 bits per heavy atom. The number of anilines is 1. The molecule has 3 aromatic rings. The zero-order chi connectivity index (χ0) is 23.9. The van der Waals surface area contributed by atoms with Gasteiger partial charge in [-0.15, -0.1) is 11.3 Å². The van der Waals surface area contributed by atoms with Crippen molar-refractivity contribution in [2.75, 3.05) is 25.2 Å². The number of fused-ring (bicyclic) bond motifs is 2. The first-order valence-electron chi connectivity index (χ1n) is 10.6. The number of piperidine rings is 1. The number of thiophene rings is 1. The van der Waals surface area contributed by atoms with Crippen LogP contribution in [0.3, 0.4) is 0 Å². The van der Waals surface area contributed by atoms with Crippen LogP contribution in [-0.2, 0) is 16.1 Å². The van der Waals surface area contributed by atoms with Crippen LogP contribution >= 0.6 is 22.9 Å². The van der Waals surface area contributed by atoms with Gasteiger partial charge in [0.15, 0.2) is 11.5 Å². The number of aromatic nitrogens is 2. The van der Waals surface area contributed by atoms with Gasteiger partial charge in [-0.1, -0.05) is 17.7 Å². The second kappa shape index (κ2) is 12.5. The van der Waals surface area contributed by atoms with Gasteiger partial charge in [0.25, 0.3) is 0 Å². The van der Waals surface area contributed by atoms with Gasteiger partial charge < -0.3 is 25.4 Å². The molecule has 4 heterocycles. The zero-order valence-electron chi connectivity index (χ0n) is 18.6. The molecule has 10 nitrogen and oxygen atoms in total. The van der Waals surface area contributed by atoms with E-state index in [1.807, 2.05) is 12.1 Å². The number of carboxylic acid groups (broad SMARTS) is 1. The van der Waals surface area contributed by atoms with Crippen molar-refractivity contribution in [2.24, 2.45) is 0 Å². The van der Waals surface area contributed by atoms with Gasteiger partial charge in [0.1, 0.15) is 23.3 Å². The predicted molar refractivity (Wildman–Crippen MR) is 133 cm³/mol. The average molecular weight is 521 g/mol. The van der Waals surface area contributed by atoms with Crippen LogP contribution in [0.1, 0.15) is 18.4 Å². The topological polar surface area (TPSA) is 145 Å². The maximum absolute atomic E-state index is 9.51. The molecule has 186 valence electrons. The SMILES string of the molecule is Clc1cc2c(NC3CCN(Cc4ccc5c(c4)OCO5)CC3)ncnc2s1.O.O=C/C=C\C(=O)O. The molecule has 0 spiro atoms. The van der Waals surface area contributed by atoms with Crippen molar-refractivity contribution in [3.8, 4) is 11.5 Å². The highest BCUT2D eigenvalue weighted by Gasteiger charge is 2.21. The molecule has 0 unspecified atom stereocenters. The zero-order valence-corrected chi connectivity index (χ0v) is 20.2. The summed E-state index contributed by atoms with van der Waals surface area (Å²) in [5.74, 6) is 1.47. The number of carboxylic acids is 1. The maximum Gasteiger partial charge on any atom is 0.328 e. The first-order chi connectivity index (χ1) is 16.5. The Kier molecular flexibility index (Phi) is 9.38. The van der Waals surface area contributed by atoms with Crippen LogP contribution in [0.25, 0.3) is 10.2 Å². The summed E-state index contributed by atoms with van der Waals surface area (Å²) in [5, 5.41) is 12.4. The third kappa shape index (κ3) is 7.12. The standard InChI is InChI=1S/C19H19ClN4O2S.C4H4O3.H2O/c20-17-8-14-18(21-10-22-19(14)27-17)23-13-3-5-24(6-4-13)9-12-1-2-15-16(7-12)26-11-25-15;5-3-1-2-4(6)7;/h1-2,7-8,10,13H,3-6,9,11H2,(H,21,22,23);1-3H,(H,6,7);1H2/b;2-1-;. The highest BCUT2D eigenvalue weighted by Crippen LogP contribution is 2.34. The number of benzene rings is 1. The molecule has 1 fully saturated rings. The molecule has 2 aromatic heterocycles. The lowest BCUT2D eigenvalue weighted by atomic mass is 10.0. The van der Waals surface area contributed by atoms with Crippen LogP contribution < -0.4 is 14.8 Å². The third-order valence-corrected chi connectivity index (χ3v) is 6.56. The molecule has 2 aliphatic heterocycles. The van der Waals surface area contributed by atoms with E-state index in [4.69, 9.17) is 26.2 Å². The summed E-state index contributed by atoms with van der Waals surface area (Å²) in [5.41, 5.74) is 1.26. The minimum absolute atomic E-state index is 0. The Hall–Kier alpha value is -3.25. The van der Waals surface area contributed by atoms with Crippen LogP contribution in [0.15, 0.2) is 42.7 Å². The molecule has 5 rings (SSSR count). The summed E-state index contributed by atoms with van der Waals surface area (Å²) >= 11 is 7.61. The summed E-state index contributed by atoms with van der Waals surface area (Å²) in [7, 11) is 0. The molecule has 0 saturated carbocycles. The van der Waals surface area contributed by atoms with E-state index in [-0.39, 0.29) is 5.48 Å². The van der Waals surface area contributed by atoms with E-state index in [0.29, 0.717) is 19.1 Å². The summed E-state index contributed by atoms with van der Waals surface area (Å²) in [4.78, 5) is 31.0. The van der Waals surface area contributed by atoms with Crippen LogP contribution in [0.5, 0.6) is 11.5 Å². The van der Waals surface area contributed by atoms with Crippen LogP contribution in [0.2, 0.25) is 4.34 Å². The number of ether oxygens (including phenoxy) is 2. The highest BCUT2D eigenvalue weighted by molar-refractivity contribution is 7.22. The van der Waals surface area contributed by atoms with E-state index in [2.05, 4.69) is 32.3 Å². The molecule has 1 aromatic carbocycles. The minimum Gasteiger partial charge on any atom is -0.478 e. The number of hydrogen-bond acceptors (Lipinski definition) is 9. The van der Waals surface area contributed by atoms with Gasteiger partial charge in [-0.05, 0) is 42.7 Å². The van der Waals surface area contributed by atoms with E-state index in [1.54, 1.807) is 6.33 Å². The maximum atomic E-state index is 9.51. The fourth-order valence-electron chi connectivity index (χ4n) is 3.79. The van der Waals surface area contributed by atoms with Gasteiger partial charge in [0, 0.05) is 31.8 Å². The third-order valence-electron chi connectivity index (χ3n) is 5.39. The smallest absolute Gasteiger partial charge is 0.328 e. The second-order valence-corrected chi connectivity index (χ2v) is 9.37. The van der Waals surface area contributed by atoms with Crippen molar-refractivity contribution in [1.82, 2.24) is 14.9 Å². The number of nitrogens with zero attached hydrogens (tertiary/aromatic N) is 3. The number of aldehydes is 1. The molecule has 0 amide bonds. The molecule has 0 bridgehead atoms. The summed E-state index contributed by atoms with van der Waals surface area (Å²) in [6.45, 7) is 3.35. The lowest BCUT2D eigenvalue weighted by molar-refractivity contribution is -0.131. The van der Waals surface area contributed by atoms with Crippen LogP contribution in [-0.4, -0.2) is 63.6 Å². The van der Waals surface area contributed by atoms with Crippen molar-refractivity contribution in [3.63, 3.8) is 0 Å². The van der Waals surface area contributed by atoms with Gasteiger partial charge in [0.2, 0.25) is 6.79 Å². The first-order valence-corrected chi connectivity index (χ1v) is 11.8. The second-order valence-electron chi connectivity index (χ2n) is 7.71. The van der Waals surface area contributed by atoms with Crippen LogP contribution in [0.4, 0.5) is 5.82 Å². The summed E-state index contributed by atoms with van der Waals surface area (Å²) in [6.07, 6.45) is 5.86. The first kappa shape index (κ1) is 26.4. The van der Waals surface area contributed by atoms with Crippen molar-refractivity contribution in [2.45, 2.75) is 25.4 Å². The Morgan fingerprint density at radius 2 is 2.00 bits per heavy atom. The quantitative estimate of drug-likeness (QED) is 0.369. The lowest BCUT2D eigenvalue weighted by Crippen LogP contribution is -2.38. The number of allylic oxidation sites excluding steroid dienone is 1. The predicted octanol–water partition coefficient (Wildman–Crippen LogP) is 3.15. The van der Waals surface area contributed by atoms with E-state index in [0.717, 1.165) is 76.5 Å². The van der Waals surface area contributed by atoms with Gasteiger partial charge in [-0.2, -0.15) is 0 Å². The number of likely N-dealkylation sites (tertiary alicyclic amines) is 1. The van der Waals surface area contributed by atoms with Gasteiger partial charge in [-0.25, -0.2) is 14.8 Å². The molecule has 1 saturated heterocycles. The normalized spacial score (nSPS) is 15.3. The highest BCUT2D eigenvalue weighted by atomic mass is 35.5. The number of rotatable bonds is 6. The Labute approximate surface area is 210 Å². The van der Waals surface area contributed by atoms with Crippen LogP contribution in [0, 0.1) is 0 Å². The molecule has 0 aliphatic carbocycles. The molecular weight excluding hydrogens is 496 g/mol. The van der Waals surface area contributed by atoms with E-state index < -0.39 is 5.97 Å². The Bertz CT molecular complexity index is 1200. The average Bonchev–Trinajstić information content (AvgIpc) is 3.45. The van der Waals surface area contributed by atoms with E-state index in [1.165, 1.54) is 16.9 Å². The largest absolute Gasteiger partial charge is 0.478 e. The summed E-state index contributed by atoms with van der Waals surface area (Å²) < 4.78 is 11.6.